The standard InChI is InChI=1S/C20H23NO2S/c1-17(12-13-19(22)20-11-7-15-24-20)8-5-6-14-23-21-16-18-9-3-2-4-10-18/h2-11,15-16,19,22H,12-14H2,1H3/b6-5+,17-8+,21-16-. The van der Waals surface area contributed by atoms with E-state index in [0.29, 0.717) is 6.61 Å². The molecule has 1 aromatic heterocycles. The Kier molecular flexibility index (Phi) is 8.01. The molecule has 0 aliphatic heterocycles. The Bertz CT molecular complexity index is 660. The lowest BCUT2D eigenvalue weighted by Gasteiger charge is -2.07. The van der Waals surface area contributed by atoms with E-state index in [1.807, 2.05) is 66.1 Å². The number of aliphatic hydroxyl groups excluding tert-OH is 1. The van der Waals surface area contributed by atoms with Gasteiger partial charge in [0.1, 0.15) is 6.61 Å². The second-order valence-electron chi connectivity index (χ2n) is 5.45. The van der Waals surface area contributed by atoms with Crippen LogP contribution < -0.4 is 0 Å². The quantitative estimate of drug-likeness (QED) is 0.298. The van der Waals surface area contributed by atoms with Crippen LogP contribution in [0.25, 0.3) is 0 Å². The van der Waals surface area contributed by atoms with Crippen molar-refractivity contribution in [3.05, 3.63) is 82.1 Å². The SMILES string of the molecule is C/C(=C\C=C\CO/N=C\c1ccccc1)CCC(O)c1cccs1. The highest BCUT2D eigenvalue weighted by Crippen LogP contribution is 2.24. The van der Waals surface area contributed by atoms with Crippen LogP contribution in [0.4, 0.5) is 0 Å². The molecule has 126 valence electrons. The number of thiophene rings is 1. The summed E-state index contributed by atoms with van der Waals surface area (Å²) in [7, 11) is 0. The molecule has 0 fully saturated rings. The Morgan fingerprint density at radius 2 is 2.08 bits per heavy atom. The summed E-state index contributed by atoms with van der Waals surface area (Å²) in [6.07, 6.45) is 8.87. The third-order valence-corrected chi connectivity index (χ3v) is 4.42. The second-order valence-corrected chi connectivity index (χ2v) is 6.43. The van der Waals surface area contributed by atoms with Gasteiger partial charge < -0.3 is 9.94 Å². The number of allylic oxidation sites excluding steroid dienone is 3. The number of aliphatic hydroxyl groups is 1. The first-order chi connectivity index (χ1) is 11.8. The largest absolute Gasteiger partial charge is 0.392 e. The highest BCUT2D eigenvalue weighted by atomic mass is 32.1. The van der Waals surface area contributed by atoms with Crippen molar-refractivity contribution in [2.45, 2.75) is 25.9 Å². The van der Waals surface area contributed by atoms with Gasteiger partial charge in [-0.15, -0.1) is 11.3 Å². The summed E-state index contributed by atoms with van der Waals surface area (Å²) >= 11 is 1.60. The second kappa shape index (κ2) is 10.6. The lowest BCUT2D eigenvalue weighted by molar-refractivity contribution is 0.171. The molecule has 0 bridgehead atoms. The Hall–Kier alpha value is -2.17. The van der Waals surface area contributed by atoms with Gasteiger partial charge in [-0.2, -0.15) is 0 Å². The predicted octanol–water partition coefficient (Wildman–Crippen LogP) is 5.11. The number of hydrogen-bond acceptors (Lipinski definition) is 4. The van der Waals surface area contributed by atoms with Gasteiger partial charge >= 0.3 is 0 Å². The maximum absolute atomic E-state index is 10.1. The first-order valence-electron chi connectivity index (χ1n) is 8.00. The number of benzene rings is 1. The molecule has 1 aromatic carbocycles. The molecule has 0 aliphatic carbocycles. The van der Waals surface area contributed by atoms with E-state index in [9.17, 15) is 5.11 Å². The van der Waals surface area contributed by atoms with Crippen molar-refractivity contribution in [3.8, 4) is 0 Å². The molecule has 2 rings (SSSR count). The fourth-order valence-electron chi connectivity index (χ4n) is 2.08. The molecule has 0 saturated heterocycles. The molecule has 1 heterocycles. The highest BCUT2D eigenvalue weighted by Gasteiger charge is 2.07. The maximum atomic E-state index is 10.1. The van der Waals surface area contributed by atoms with Crippen LogP contribution in [0.2, 0.25) is 0 Å². The van der Waals surface area contributed by atoms with Crippen LogP contribution in [0.5, 0.6) is 0 Å². The van der Waals surface area contributed by atoms with E-state index >= 15 is 0 Å². The zero-order chi connectivity index (χ0) is 17.0. The number of oxime groups is 1. The zero-order valence-electron chi connectivity index (χ0n) is 13.8. The minimum absolute atomic E-state index is 0.368. The molecule has 1 unspecified atom stereocenters. The van der Waals surface area contributed by atoms with Crippen molar-refractivity contribution in [2.75, 3.05) is 6.61 Å². The number of rotatable bonds is 9. The number of hydrogen-bond donors (Lipinski definition) is 1. The molecule has 0 saturated carbocycles. The summed E-state index contributed by atoms with van der Waals surface area (Å²) in [5.74, 6) is 0. The van der Waals surface area contributed by atoms with Gasteiger partial charge in [-0.05, 0) is 42.9 Å². The van der Waals surface area contributed by atoms with Gasteiger partial charge in [-0.25, -0.2) is 0 Å². The molecule has 3 nitrogen and oxygen atoms in total. The van der Waals surface area contributed by atoms with Crippen LogP contribution in [-0.4, -0.2) is 17.9 Å². The molecular weight excluding hydrogens is 318 g/mol. The van der Waals surface area contributed by atoms with Gasteiger partial charge in [0.05, 0.1) is 12.3 Å². The molecule has 24 heavy (non-hydrogen) atoms. The van der Waals surface area contributed by atoms with Gasteiger partial charge in [0.2, 0.25) is 0 Å². The Morgan fingerprint density at radius 3 is 2.83 bits per heavy atom. The van der Waals surface area contributed by atoms with Crippen LogP contribution in [0.1, 0.15) is 36.3 Å². The summed E-state index contributed by atoms with van der Waals surface area (Å²) in [5, 5.41) is 16.0. The minimum atomic E-state index is -0.368. The van der Waals surface area contributed by atoms with E-state index in [4.69, 9.17) is 4.84 Å². The Morgan fingerprint density at radius 1 is 1.25 bits per heavy atom. The van der Waals surface area contributed by atoms with Crippen LogP contribution in [0.15, 0.2) is 76.8 Å². The first-order valence-corrected chi connectivity index (χ1v) is 8.88. The van der Waals surface area contributed by atoms with Crippen molar-refractivity contribution < 1.29 is 9.94 Å². The molecule has 2 aromatic rings. The fraction of sp³-hybridized carbons (Fsp3) is 0.250. The highest BCUT2D eigenvalue weighted by molar-refractivity contribution is 7.10. The first kappa shape index (κ1) is 18.2. The van der Waals surface area contributed by atoms with E-state index in [1.165, 1.54) is 5.57 Å². The summed E-state index contributed by atoms with van der Waals surface area (Å²) in [5.41, 5.74) is 2.25. The predicted molar refractivity (Wildman–Crippen MR) is 101 cm³/mol. The third kappa shape index (κ3) is 6.94. The number of nitrogens with zero attached hydrogens (tertiary/aromatic N) is 1. The average molecular weight is 341 g/mol. The molecule has 4 heteroatoms. The van der Waals surface area contributed by atoms with E-state index in [-0.39, 0.29) is 6.10 Å². The normalized spacial score (nSPS) is 13.7. The molecule has 1 atom stereocenters. The molecule has 0 amide bonds. The average Bonchev–Trinajstić information content (AvgIpc) is 3.14. The smallest absolute Gasteiger partial charge is 0.135 e. The molecule has 1 N–H and O–H groups in total. The molecule has 0 spiro atoms. The van der Waals surface area contributed by atoms with Crippen LogP contribution in [0.3, 0.4) is 0 Å². The van der Waals surface area contributed by atoms with E-state index in [0.717, 1.165) is 23.3 Å². The molecular formula is C20H23NO2S. The van der Waals surface area contributed by atoms with Crippen LogP contribution >= 0.6 is 11.3 Å². The van der Waals surface area contributed by atoms with Gasteiger partial charge in [0.15, 0.2) is 0 Å². The summed E-state index contributed by atoms with van der Waals surface area (Å²) in [4.78, 5) is 6.21. The van der Waals surface area contributed by atoms with Gasteiger partial charge in [-0.3, -0.25) is 0 Å². The zero-order valence-corrected chi connectivity index (χ0v) is 14.7. The fourth-order valence-corrected chi connectivity index (χ4v) is 2.83. The monoisotopic (exact) mass is 341 g/mol. The van der Waals surface area contributed by atoms with Crippen LogP contribution in [0, 0.1) is 0 Å². The third-order valence-electron chi connectivity index (χ3n) is 3.45. The van der Waals surface area contributed by atoms with E-state index in [1.54, 1.807) is 17.6 Å². The van der Waals surface area contributed by atoms with Crippen molar-refractivity contribution in [1.29, 1.82) is 0 Å². The van der Waals surface area contributed by atoms with Gasteiger partial charge in [0, 0.05) is 4.88 Å². The van der Waals surface area contributed by atoms with E-state index < -0.39 is 0 Å². The molecule has 0 radical (unpaired) electrons. The van der Waals surface area contributed by atoms with Gasteiger partial charge in [-0.1, -0.05) is 59.3 Å². The molecule has 0 aliphatic rings. The lowest BCUT2D eigenvalue weighted by atomic mass is 10.1. The summed E-state index contributed by atoms with van der Waals surface area (Å²) < 4.78 is 0. The van der Waals surface area contributed by atoms with Crippen molar-refractivity contribution in [3.63, 3.8) is 0 Å². The lowest BCUT2D eigenvalue weighted by Crippen LogP contribution is -1.94. The Labute approximate surface area is 147 Å². The Balaban J connectivity index is 1.63. The minimum Gasteiger partial charge on any atom is -0.392 e. The topological polar surface area (TPSA) is 41.8 Å². The summed E-state index contributed by atoms with van der Waals surface area (Å²) in [6, 6.07) is 13.8. The van der Waals surface area contributed by atoms with Crippen molar-refractivity contribution in [2.24, 2.45) is 5.16 Å². The van der Waals surface area contributed by atoms with E-state index in [2.05, 4.69) is 12.1 Å². The maximum Gasteiger partial charge on any atom is 0.135 e. The summed E-state index contributed by atoms with van der Waals surface area (Å²) in [6.45, 7) is 2.50. The van der Waals surface area contributed by atoms with Crippen LogP contribution in [-0.2, 0) is 4.84 Å². The van der Waals surface area contributed by atoms with Crippen molar-refractivity contribution in [1.82, 2.24) is 0 Å². The van der Waals surface area contributed by atoms with Crippen molar-refractivity contribution >= 4 is 17.6 Å². The van der Waals surface area contributed by atoms with Gasteiger partial charge in [0.25, 0.3) is 0 Å².